The van der Waals surface area contributed by atoms with Crippen LogP contribution in [-0.4, -0.2) is 49.5 Å². The molecule has 0 amide bonds. The Morgan fingerprint density at radius 3 is 2.36 bits per heavy atom. The van der Waals surface area contributed by atoms with Crippen molar-refractivity contribution in [3.8, 4) is 11.5 Å². The van der Waals surface area contributed by atoms with E-state index in [0.29, 0.717) is 24.9 Å². The highest BCUT2D eigenvalue weighted by Gasteiger charge is 2.03. The van der Waals surface area contributed by atoms with Crippen molar-refractivity contribution in [1.82, 2.24) is 15.2 Å². The van der Waals surface area contributed by atoms with E-state index in [-0.39, 0.29) is 0 Å². The van der Waals surface area contributed by atoms with Crippen molar-refractivity contribution < 1.29 is 9.47 Å². The van der Waals surface area contributed by atoms with E-state index in [9.17, 15) is 0 Å². The Bertz CT molecular complexity index is 869. The van der Waals surface area contributed by atoms with Gasteiger partial charge in [-0.25, -0.2) is 0 Å². The van der Waals surface area contributed by atoms with Crippen LogP contribution in [0, 0.1) is 0 Å². The third kappa shape index (κ3) is 5.47. The van der Waals surface area contributed by atoms with Gasteiger partial charge in [0.1, 0.15) is 18.1 Å². The number of aromatic nitrogens is 3. The molecule has 3 aromatic rings. The highest BCUT2D eigenvalue weighted by molar-refractivity contribution is 5.59. The monoisotopic (exact) mass is 380 g/mol. The van der Waals surface area contributed by atoms with Gasteiger partial charge in [0.05, 0.1) is 19.9 Å². The molecule has 0 radical (unpaired) electrons. The molecule has 0 spiro atoms. The number of methoxy groups -OCH3 is 1. The zero-order valence-corrected chi connectivity index (χ0v) is 16.2. The van der Waals surface area contributed by atoms with Crippen LogP contribution in [0.4, 0.5) is 23.1 Å². The van der Waals surface area contributed by atoms with E-state index in [1.54, 1.807) is 13.3 Å². The predicted molar refractivity (Wildman–Crippen MR) is 111 cm³/mol. The van der Waals surface area contributed by atoms with E-state index in [1.807, 2.05) is 67.5 Å². The summed E-state index contributed by atoms with van der Waals surface area (Å²) in [5.41, 5.74) is 2.02. The number of hydrogen-bond acceptors (Lipinski definition) is 8. The quantitative estimate of drug-likeness (QED) is 0.548. The predicted octanol–water partition coefficient (Wildman–Crippen LogP) is 3.18. The van der Waals surface area contributed by atoms with Crippen molar-refractivity contribution in [1.29, 1.82) is 0 Å². The molecule has 0 unspecified atom stereocenters. The summed E-state index contributed by atoms with van der Waals surface area (Å²) in [6, 6.07) is 15.5. The molecule has 1 heterocycles. The molecule has 2 N–H and O–H groups in total. The first-order valence-corrected chi connectivity index (χ1v) is 8.89. The first-order valence-electron chi connectivity index (χ1n) is 8.89. The Morgan fingerprint density at radius 1 is 0.964 bits per heavy atom. The fourth-order valence-corrected chi connectivity index (χ4v) is 2.43. The zero-order valence-electron chi connectivity index (χ0n) is 16.2. The van der Waals surface area contributed by atoms with Crippen molar-refractivity contribution in [3.63, 3.8) is 0 Å². The molecule has 8 heteroatoms. The van der Waals surface area contributed by atoms with E-state index >= 15 is 0 Å². The normalized spacial score (nSPS) is 10.2. The second-order valence-electron chi connectivity index (χ2n) is 6.18. The topological polar surface area (TPSA) is 84.4 Å². The van der Waals surface area contributed by atoms with Crippen molar-refractivity contribution in [2.75, 3.05) is 49.9 Å². The third-order valence-electron chi connectivity index (χ3n) is 3.94. The van der Waals surface area contributed by atoms with Crippen LogP contribution in [0.15, 0.2) is 54.7 Å². The molecule has 0 fully saturated rings. The maximum atomic E-state index is 5.68. The average molecular weight is 380 g/mol. The number of rotatable bonds is 9. The first kappa shape index (κ1) is 19.2. The van der Waals surface area contributed by atoms with Gasteiger partial charge in [0.15, 0.2) is 5.82 Å². The first-order chi connectivity index (χ1) is 13.6. The maximum Gasteiger partial charge on any atom is 0.249 e. The lowest BCUT2D eigenvalue weighted by atomic mass is 10.2. The van der Waals surface area contributed by atoms with Gasteiger partial charge in [-0.1, -0.05) is 0 Å². The lowest BCUT2D eigenvalue weighted by molar-refractivity contribution is 0.331. The second kappa shape index (κ2) is 9.40. The molecule has 2 aromatic carbocycles. The fraction of sp³-hybridized carbons (Fsp3) is 0.250. The SMILES string of the molecule is COc1ccc(OCCNc2cnnc(Nc3ccc(N(C)C)cc3)n2)cc1. The minimum atomic E-state index is 0.429. The molecule has 0 aliphatic rings. The molecule has 146 valence electrons. The van der Waals surface area contributed by atoms with Gasteiger partial charge in [0, 0.05) is 25.5 Å². The minimum Gasteiger partial charge on any atom is -0.497 e. The molecular formula is C20H24N6O2. The van der Waals surface area contributed by atoms with Gasteiger partial charge in [0.25, 0.3) is 0 Å². The van der Waals surface area contributed by atoms with E-state index < -0.39 is 0 Å². The van der Waals surface area contributed by atoms with Gasteiger partial charge in [0.2, 0.25) is 5.95 Å². The number of hydrogen-bond donors (Lipinski definition) is 2. The van der Waals surface area contributed by atoms with Gasteiger partial charge in [-0.3, -0.25) is 0 Å². The van der Waals surface area contributed by atoms with Crippen molar-refractivity contribution in [3.05, 3.63) is 54.7 Å². The molecule has 8 nitrogen and oxygen atoms in total. The average Bonchev–Trinajstić information content (AvgIpc) is 2.72. The van der Waals surface area contributed by atoms with Crippen LogP contribution in [0.2, 0.25) is 0 Å². The van der Waals surface area contributed by atoms with Gasteiger partial charge in [-0.2, -0.15) is 10.1 Å². The number of nitrogens with one attached hydrogen (secondary N) is 2. The Balaban J connectivity index is 1.48. The summed E-state index contributed by atoms with van der Waals surface area (Å²) < 4.78 is 10.8. The molecule has 0 aliphatic heterocycles. The number of nitrogens with zero attached hydrogens (tertiary/aromatic N) is 4. The largest absolute Gasteiger partial charge is 0.497 e. The van der Waals surface area contributed by atoms with Gasteiger partial charge >= 0.3 is 0 Å². The molecule has 0 aliphatic carbocycles. The number of anilines is 4. The van der Waals surface area contributed by atoms with Crippen LogP contribution in [0.5, 0.6) is 11.5 Å². The van der Waals surface area contributed by atoms with Crippen LogP contribution in [0.3, 0.4) is 0 Å². The van der Waals surface area contributed by atoms with E-state index in [4.69, 9.17) is 9.47 Å². The summed E-state index contributed by atoms with van der Waals surface area (Å²) in [5, 5.41) is 14.3. The molecule has 0 saturated carbocycles. The molecule has 28 heavy (non-hydrogen) atoms. The van der Waals surface area contributed by atoms with Gasteiger partial charge in [-0.15, -0.1) is 5.10 Å². The minimum absolute atomic E-state index is 0.429. The van der Waals surface area contributed by atoms with Crippen molar-refractivity contribution >= 4 is 23.1 Å². The smallest absolute Gasteiger partial charge is 0.249 e. The summed E-state index contributed by atoms with van der Waals surface area (Å²) >= 11 is 0. The molecular weight excluding hydrogens is 356 g/mol. The van der Waals surface area contributed by atoms with Crippen LogP contribution in [0.1, 0.15) is 0 Å². The summed E-state index contributed by atoms with van der Waals surface area (Å²) in [7, 11) is 5.64. The van der Waals surface area contributed by atoms with Crippen molar-refractivity contribution in [2.45, 2.75) is 0 Å². The highest BCUT2D eigenvalue weighted by atomic mass is 16.5. The fourth-order valence-electron chi connectivity index (χ4n) is 2.43. The van der Waals surface area contributed by atoms with Crippen LogP contribution >= 0.6 is 0 Å². The maximum absolute atomic E-state index is 5.68. The zero-order chi connectivity index (χ0) is 19.8. The van der Waals surface area contributed by atoms with E-state index in [0.717, 1.165) is 22.9 Å². The lowest BCUT2D eigenvalue weighted by Gasteiger charge is -2.13. The van der Waals surface area contributed by atoms with E-state index in [2.05, 4.69) is 25.8 Å². The summed E-state index contributed by atoms with van der Waals surface area (Å²) in [6.45, 7) is 1.08. The van der Waals surface area contributed by atoms with Gasteiger partial charge in [-0.05, 0) is 48.5 Å². The summed E-state index contributed by atoms with van der Waals surface area (Å²) in [4.78, 5) is 6.46. The standard InChI is InChI=1S/C20H24N6O2/c1-26(2)16-6-4-15(5-7-16)23-20-24-19(14-22-25-20)21-12-13-28-18-10-8-17(27-3)9-11-18/h4-11,14H,12-13H2,1-3H3,(H2,21,23,24,25). The molecule has 1 aromatic heterocycles. The van der Waals surface area contributed by atoms with Crippen LogP contribution < -0.4 is 25.0 Å². The number of ether oxygens (including phenoxy) is 2. The summed E-state index contributed by atoms with van der Waals surface area (Å²) in [5.74, 6) is 2.64. The molecule has 0 bridgehead atoms. The van der Waals surface area contributed by atoms with Crippen LogP contribution in [-0.2, 0) is 0 Å². The third-order valence-corrected chi connectivity index (χ3v) is 3.94. The highest BCUT2D eigenvalue weighted by Crippen LogP contribution is 2.19. The number of benzene rings is 2. The second-order valence-corrected chi connectivity index (χ2v) is 6.18. The van der Waals surface area contributed by atoms with Gasteiger partial charge < -0.3 is 25.0 Å². The molecule has 3 rings (SSSR count). The van der Waals surface area contributed by atoms with Crippen molar-refractivity contribution in [2.24, 2.45) is 0 Å². The van der Waals surface area contributed by atoms with E-state index in [1.165, 1.54) is 0 Å². The lowest BCUT2D eigenvalue weighted by Crippen LogP contribution is -2.13. The van der Waals surface area contributed by atoms with Crippen LogP contribution in [0.25, 0.3) is 0 Å². The molecule has 0 atom stereocenters. The molecule has 0 saturated heterocycles. The Kier molecular flexibility index (Phi) is 6.46. The Hall–Kier alpha value is -3.55. The summed E-state index contributed by atoms with van der Waals surface area (Å²) in [6.07, 6.45) is 1.58. The Labute approximate surface area is 164 Å². The Morgan fingerprint density at radius 2 is 1.68 bits per heavy atom.